The highest BCUT2D eigenvalue weighted by atomic mass is 32.1. The maximum absolute atomic E-state index is 10.8. The van der Waals surface area contributed by atoms with Crippen molar-refractivity contribution < 1.29 is 4.79 Å². The maximum Gasteiger partial charge on any atom is 0.150 e. The fraction of sp³-hybridized carbons (Fsp3) is 0.833. The Labute approximate surface area is 61.4 Å². The van der Waals surface area contributed by atoms with Crippen molar-refractivity contribution in [2.75, 3.05) is 12.8 Å². The van der Waals surface area contributed by atoms with E-state index in [0.717, 1.165) is 0 Å². The van der Waals surface area contributed by atoms with E-state index in [1.54, 1.807) is 14.0 Å². The third-order valence-corrected chi connectivity index (χ3v) is 2.28. The van der Waals surface area contributed by atoms with Crippen LogP contribution in [-0.2, 0) is 4.79 Å². The number of carbonyl (C=O) groups excluding carboxylic acids is 1. The molecule has 1 atom stereocenters. The van der Waals surface area contributed by atoms with Crippen LogP contribution in [0.5, 0.6) is 0 Å². The molecule has 0 fully saturated rings. The summed E-state index contributed by atoms with van der Waals surface area (Å²) in [4.78, 5) is 10.8. The predicted molar refractivity (Wildman–Crippen MR) is 42.0 cm³/mol. The van der Waals surface area contributed by atoms with Crippen LogP contribution in [0.3, 0.4) is 0 Å². The topological polar surface area (TPSA) is 29.1 Å². The standard InChI is InChI=1S/C6H13NOS/c1-5(8)6(2,4-9)7-3/h7,9H,4H2,1-3H3. The minimum atomic E-state index is -0.441. The molecule has 0 aliphatic heterocycles. The number of carbonyl (C=O) groups is 1. The van der Waals surface area contributed by atoms with E-state index in [9.17, 15) is 4.79 Å². The van der Waals surface area contributed by atoms with Gasteiger partial charge in [-0.3, -0.25) is 4.79 Å². The molecule has 0 saturated heterocycles. The molecule has 0 aromatic carbocycles. The van der Waals surface area contributed by atoms with Crippen molar-refractivity contribution in [1.29, 1.82) is 0 Å². The van der Waals surface area contributed by atoms with E-state index >= 15 is 0 Å². The molecule has 0 aliphatic rings. The van der Waals surface area contributed by atoms with Crippen molar-refractivity contribution in [3.8, 4) is 0 Å². The van der Waals surface area contributed by atoms with Crippen molar-refractivity contribution in [2.24, 2.45) is 0 Å². The monoisotopic (exact) mass is 147 g/mol. The summed E-state index contributed by atoms with van der Waals surface area (Å²) in [5, 5.41) is 2.90. The Morgan fingerprint density at radius 3 is 2.22 bits per heavy atom. The summed E-state index contributed by atoms with van der Waals surface area (Å²) < 4.78 is 0. The Morgan fingerprint density at radius 2 is 2.22 bits per heavy atom. The molecule has 0 aromatic heterocycles. The fourth-order valence-electron chi connectivity index (χ4n) is 0.366. The number of hydrogen-bond acceptors (Lipinski definition) is 3. The molecule has 0 aromatic rings. The summed E-state index contributed by atoms with van der Waals surface area (Å²) in [7, 11) is 1.76. The van der Waals surface area contributed by atoms with Gasteiger partial charge in [0.05, 0.1) is 5.54 Å². The van der Waals surface area contributed by atoms with Gasteiger partial charge < -0.3 is 5.32 Å². The van der Waals surface area contributed by atoms with Crippen molar-refractivity contribution in [2.45, 2.75) is 19.4 Å². The zero-order valence-corrected chi connectivity index (χ0v) is 6.96. The van der Waals surface area contributed by atoms with Gasteiger partial charge in [-0.1, -0.05) is 0 Å². The maximum atomic E-state index is 10.8. The highest BCUT2D eigenvalue weighted by molar-refractivity contribution is 7.80. The summed E-state index contributed by atoms with van der Waals surface area (Å²) >= 11 is 4.04. The summed E-state index contributed by atoms with van der Waals surface area (Å²) in [6.07, 6.45) is 0. The molecule has 0 aliphatic carbocycles. The molecule has 2 nitrogen and oxygen atoms in total. The van der Waals surface area contributed by atoms with Gasteiger partial charge in [-0.05, 0) is 20.9 Å². The van der Waals surface area contributed by atoms with Gasteiger partial charge in [0.1, 0.15) is 5.78 Å². The second kappa shape index (κ2) is 3.22. The van der Waals surface area contributed by atoms with E-state index in [2.05, 4.69) is 17.9 Å². The molecule has 1 unspecified atom stereocenters. The summed E-state index contributed by atoms with van der Waals surface area (Å²) in [5.74, 6) is 0.666. The minimum Gasteiger partial charge on any atom is -0.308 e. The summed E-state index contributed by atoms with van der Waals surface area (Å²) in [6, 6.07) is 0. The van der Waals surface area contributed by atoms with Crippen LogP contribution in [0.2, 0.25) is 0 Å². The van der Waals surface area contributed by atoms with Gasteiger partial charge in [-0.25, -0.2) is 0 Å². The largest absolute Gasteiger partial charge is 0.308 e. The van der Waals surface area contributed by atoms with Crippen molar-refractivity contribution in [1.82, 2.24) is 5.32 Å². The smallest absolute Gasteiger partial charge is 0.150 e. The second-order valence-corrected chi connectivity index (χ2v) is 2.61. The molecule has 3 heteroatoms. The van der Waals surface area contributed by atoms with Crippen molar-refractivity contribution in [3.05, 3.63) is 0 Å². The highest BCUT2D eigenvalue weighted by Crippen LogP contribution is 2.05. The third kappa shape index (κ3) is 1.99. The molecule has 0 amide bonds. The third-order valence-electron chi connectivity index (χ3n) is 1.65. The number of thiol groups is 1. The van der Waals surface area contributed by atoms with Gasteiger partial charge in [0.15, 0.2) is 0 Å². The number of rotatable bonds is 3. The van der Waals surface area contributed by atoms with E-state index in [1.807, 2.05) is 6.92 Å². The Bertz CT molecular complexity index is 110. The number of ketones is 1. The molecule has 0 spiro atoms. The van der Waals surface area contributed by atoms with Crippen LogP contribution < -0.4 is 5.32 Å². The first-order chi connectivity index (χ1) is 4.06. The number of nitrogens with one attached hydrogen (secondary N) is 1. The zero-order chi connectivity index (χ0) is 7.49. The number of hydrogen-bond donors (Lipinski definition) is 2. The first kappa shape index (κ1) is 8.98. The van der Waals surface area contributed by atoms with Crippen LogP contribution in [0.15, 0.2) is 0 Å². The molecular formula is C6H13NOS. The van der Waals surface area contributed by atoms with E-state index in [4.69, 9.17) is 0 Å². The van der Waals surface area contributed by atoms with E-state index in [0.29, 0.717) is 5.75 Å². The van der Waals surface area contributed by atoms with Gasteiger partial charge >= 0.3 is 0 Å². The summed E-state index contributed by atoms with van der Waals surface area (Å²) in [6.45, 7) is 3.40. The highest BCUT2D eigenvalue weighted by Gasteiger charge is 2.24. The van der Waals surface area contributed by atoms with Gasteiger partial charge in [-0.15, -0.1) is 0 Å². The van der Waals surface area contributed by atoms with Crippen LogP contribution in [0.25, 0.3) is 0 Å². The van der Waals surface area contributed by atoms with Crippen LogP contribution in [-0.4, -0.2) is 24.1 Å². The summed E-state index contributed by atoms with van der Waals surface area (Å²) in [5.41, 5.74) is -0.441. The van der Waals surface area contributed by atoms with Gasteiger partial charge in [0.25, 0.3) is 0 Å². The first-order valence-corrected chi connectivity index (χ1v) is 3.51. The average molecular weight is 147 g/mol. The second-order valence-electron chi connectivity index (χ2n) is 2.30. The molecule has 0 rings (SSSR count). The quantitative estimate of drug-likeness (QED) is 0.569. The van der Waals surface area contributed by atoms with Crippen LogP contribution in [0.1, 0.15) is 13.8 Å². The van der Waals surface area contributed by atoms with E-state index < -0.39 is 5.54 Å². The predicted octanol–water partition coefficient (Wildman–Crippen LogP) is 0.483. The van der Waals surface area contributed by atoms with Crippen LogP contribution in [0, 0.1) is 0 Å². The average Bonchev–Trinajstić information content (AvgIpc) is 1.86. The van der Waals surface area contributed by atoms with Crippen LogP contribution >= 0.6 is 12.6 Å². The Morgan fingerprint density at radius 1 is 1.78 bits per heavy atom. The molecule has 0 radical (unpaired) electrons. The number of Topliss-reactive ketones (excluding diaryl/α,β-unsaturated/α-hetero) is 1. The lowest BCUT2D eigenvalue weighted by atomic mass is 10.0. The lowest BCUT2D eigenvalue weighted by Gasteiger charge is -2.23. The van der Waals surface area contributed by atoms with Crippen LogP contribution in [0.4, 0.5) is 0 Å². The van der Waals surface area contributed by atoms with Crippen molar-refractivity contribution in [3.63, 3.8) is 0 Å². The molecule has 1 N–H and O–H groups in total. The Hall–Kier alpha value is -0.0200. The molecule has 0 bridgehead atoms. The normalized spacial score (nSPS) is 16.9. The minimum absolute atomic E-state index is 0.125. The lowest BCUT2D eigenvalue weighted by molar-refractivity contribution is -0.121. The van der Waals surface area contributed by atoms with Gasteiger partial charge in [0.2, 0.25) is 0 Å². The zero-order valence-electron chi connectivity index (χ0n) is 6.06. The molecule has 0 heterocycles. The lowest BCUT2D eigenvalue weighted by Crippen LogP contribution is -2.48. The Kier molecular flexibility index (Phi) is 3.22. The Balaban J connectivity index is 4.09. The van der Waals surface area contributed by atoms with Gasteiger partial charge in [-0.2, -0.15) is 12.6 Å². The first-order valence-electron chi connectivity index (χ1n) is 2.87. The van der Waals surface area contributed by atoms with E-state index in [1.165, 1.54) is 0 Å². The number of likely N-dealkylation sites (N-methyl/N-ethyl adjacent to an activating group) is 1. The molecule has 54 valence electrons. The fourth-order valence-corrected chi connectivity index (χ4v) is 0.747. The van der Waals surface area contributed by atoms with E-state index in [-0.39, 0.29) is 5.78 Å². The molecule has 0 saturated carbocycles. The SMILES string of the molecule is CNC(C)(CS)C(C)=O. The van der Waals surface area contributed by atoms with Gasteiger partial charge in [0, 0.05) is 5.75 Å². The molecule has 9 heavy (non-hydrogen) atoms. The molecular weight excluding hydrogens is 134 g/mol. The van der Waals surface area contributed by atoms with Crippen molar-refractivity contribution >= 4 is 18.4 Å².